The van der Waals surface area contributed by atoms with Crippen molar-refractivity contribution in [1.29, 1.82) is 0 Å². The molecule has 1 aliphatic rings. The smallest absolute Gasteiger partial charge is 0.310 e. The highest BCUT2D eigenvalue weighted by molar-refractivity contribution is 7.89. The molecule has 2 aromatic carbocycles. The zero-order chi connectivity index (χ0) is 23.1. The summed E-state index contributed by atoms with van der Waals surface area (Å²) in [5.74, 6) is -0.941. The Kier molecular flexibility index (Phi) is 8.11. The van der Waals surface area contributed by atoms with Gasteiger partial charge in [-0.25, -0.2) is 8.42 Å². The highest BCUT2D eigenvalue weighted by Gasteiger charge is 2.27. The molecule has 8 nitrogen and oxygen atoms in total. The minimum Gasteiger partial charge on any atom is -0.495 e. The molecule has 1 heterocycles. The average Bonchev–Trinajstić information content (AvgIpc) is 2.80. The molecule has 3 rings (SSSR count). The summed E-state index contributed by atoms with van der Waals surface area (Å²) in [6.45, 7) is 0.407. The molecule has 0 atom stereocenters. The van der Waals surface area contributed by atoms with Crippen molar-refractivity contribution in [3.05, 3.63) is 53.1 Å². The van der Waals surface area contributed by atoms with E-state index in [9.17, 15) is 18.0 Å². The molecule has 1 saturated heterocycles. The molecule has 0 unspecified atom stereocenters. The van der Waals surface area contributed by atoms with E-state index in [-0.39, 0.29) is 17.0 Å². The monoisotopic (exact) mass is 480 g/mol. The summed E-state index contributed by atoms with van der Waals surface area (Å²) in [6, 6.07) is 11.1. The highest BCUT2D eigenvalue weighted by atomic mass is 35.5. The van der Waals surface area contributed by atoms with Crippen LogP contribution in [0.2, 0.25) is 5.02 Å². The van der Waals surface area contributed by atoms with Crippen LogP contribution in [0.25, 0.3) is 0 Å². The summed E-state index contributed by atoms with van der Waals surface area (Å²) in [4.78, 5) is 24.4. The molecule has 2 aromatic rings. The number of methoxy groups -OCH3 is 1. The zero-order valence-electron chi connectivity index (χ0n) is 17.7. The summed E-state index contributed by atoms with van der Waals surface area (Å²) in [5.41, 5.74) is 0.773. The van der Waals surface area contributed by atoms with Gasteiger partial charge in [0.1, 0.15) is 5.75 Å². The molecule has 1 aliphatic heterocycles. The van der Waals surface area contributed by atoms with Crippen molar-refractivity contribution >= 4 is 39.2 Å². The Labute approximate surface area is 192 Å². The van der Waals surface area contributed by atoms with E-state index < -0.39 is 28.5 Å². The van der Waals surface area contributed by atoms with E-state index in [0.29, 0.717) is 29.4 Å². The van der Waals surface area contributed by atoms with Crippen LogP contribution in [-0.4, -0.2) is 51.4 Å². The van der Waals surface area contributed by atoms with Crippen molar-refractivity contribution in [2.75, 3.05) is 32.1 Å². The van der Waals surface area contributed by atoms with E-state index >= 15 is 0 Å². The number of piperidine rings is 1. The van der Waals surface area contributed by atoms with Gasteiger partial charge in [0, 0.05) is 18.1 Å². The van der Waals surface area contributed by atoms with Gasteiger partial charge < -0.3 is 14.8 Å². The van der Waals surface area contributed by atoms with Gasteiger partial charge in [-0.2, -0.15) is 4.31 Å². The SMILES string of the molecule is COc1ccc(S(=O)(=O)N2CCCCC2)cc1NC(=O)COC(=O)Cc1ccccc1Cl. The lowest BCUT2D eigenvalue weighted by molar-refractivity contribution is -0.146. The van der Waals surface area contributed by atoms with E-state index in [1.165, 1.54) is 29.6 Å². The first kappa shape index (κ1) is 24.0. The number of sulfonamides is 1. The number of esters is 1. The number of halogens is 1. The van der Waals surface area contributed by atoms with Crippen LogP contribution in [0.4, 0.5) is 5.69 Å². The van der Waals surface area contributed by atoms with Gasteiger partial charge >= 0.3 is 5.97 Å². The molecule has 0 bridgehead atoms. The van der Waals surface area contributed by atoms with Crippen LogP contribution >= 0.6 is 11.6 Å². The van der Waals surface area contributed by atoms with Crippen molar-refractivity contribution < 1.29 is 27.5 Å². The van der Waals surface area contributed by atoms with Crippen LogP contribution in [0.15, 0.2) is 47.4 Å². The molecule has 0 aliphatic carbocycles. The second-order valence-electron chi connectivity index (χ2n) is 7.30. The molecule has 1 fully saturated rings. The van der Waals surface area contributed by atoms with Gasteiger partial charge in [0.25, 0.3) is 5.91 Å². The number of benzene rings is 2. The van der Waals surface area contributed by atoms with Gasteiger partial charge in [-0.1, -0.05) is 36.2 Å². The van der Waals surface area contributed by atoms with Crippen molar-refractivity contribution in [2.24, 2.45) is 0 Å². The molecule has 0 saturated carbocycles. The fraction of sp³-hybridized carbons (Fsp3) is 0.364. The second-order valence-corrected chi connectivity index (χ2v) is 9.65. The van der Waals surface area contributed by atoms with Crippen LogP contribution in [0.5, 0.6) is 5.75 Å². The predicted molar refractivity (Wildman–Crippen MR) is 120 cm³/mol. The standard InChI is InChI=1S/C22H25ClN2O6S/c1-30-20-10-9-17(32(28,29)25-11-5-2-6-12-25)14-19(20)24-21(26)15-31-22(27)13-16-7-3-4-8-18(16)23/h3-4,7-10,14H,2,5-6,11-13,15H2,1H3,(H,24,26). The van der Waals surface area contributed by atoms with E-state index in [0.717, 1.165) is 19.3 Å². The first-order chi connectivity index (χ1) is 15.3. The number of carbonyl (C=O) groups is 2. The van der Waals surface area contributed by atoms with Gasteiger partial charge in [0.15, 0.2) is 6.61 Å². The first-order valence-electron chi connectivity index (χ1n) is 10.2. The number of hydrogen-bond acceptors (Lipinski definition) is 6. The Balaban J connectivity index is 1.65. The minimum atomic E-state index is -3.68. The Hall–Kier alpha value is -2.62. The molecular formula is C22H25ClN2O6S. The second kappa shape index (κ2) is 10.8. The number of nitrogens with zero attached hydrogens (tertiary/aromatic N) is 1. The Bertz CT molecular complexity index is 1080. The fourth-order valence-corrected chi connectivity index (χ4v) is 5.13. The molecule has 1 amide bonds. The summed E-state index contributed by atoms with van der Waals surface area (Å²) < 4.78 is 37.6. The maximum Gasteiger partial charge on any atom is 0.310 e. The van der Waals surface area contributed by atoms with E-state index in [1.54, 1.807) is 24.3 Å². The van der Waals surface area contributed by atoms with E-state index in [4.69, 9.17) is 21.1 Å². The van der Waals surface area contributed by atoms with Crippen molar-refractivity contribution in [2.45, 2.75) is 30.6 Å². The van der Waals surface area contributed by atoms with Crippen molar-refractivity contribution in [1.82, 2.24) is 4.31 Å². The molecule has 0 spiro atoms. The fourth-order valence-electron chi connectivity index (χ4n) is 3.38. The zero-order valence-corrected chi connectivity index (χ0v) is 19.2. The topological polar surface area (TPSA) is 102 Å². The number of hydrogen-bond donors (Lipinski definition) is 1. The molecule has 172 valence electrons. The van der Waals surface area contributed by atoms with Gasteiger partial charge in [0.2, 0.25) is 10.0 Å². The van der Waals surface area contributed by atoms with Crippen LogP contribution in [0.3, 0.4) is 0 Å². The lowest BCUT2D eigenvalue weighted by atomic mass is 10.1. The third-order valence-electron chi connectivity index (χ3n) is 5.05. The lowest BCUT2D eigenvalue weighted by Gasteiger charge is -2.26. The number of carbonyl (C=O) groups excluding carboxylic acids is 2. The summed E-state index contributed by atoms with van der Waals surface area (Å²) in [7, 11) is -2.27. The summed E-state index contributed by atoms with van der Waals surface area (Å²) >= 11 is 6.03. The van der Waals surface area contributed by atoms with Crippen molar-refractivity contribution in [3.8, 4) is 5.75 Å². The van der Waals surface area contributed by atoms with E-state index in [2.05, 4.69) is 5.32 Å². The number of amides is 1. The number of anilines is 1. The first-order valence-corrected chi connectivity index (χ1v) is 12.0. The Morgan fingerprint density at radius 2 is 1.81 bits per heavy atom. The Morgan fingerprint density at radius 1 is 1.09 bits per heavy atom. The molecular weight excluding hydrogens is 456 g/mol. The normalized spacial score (nSPS) is 14.6. The van der Waals surface area contributed by atoms with Crippen LogP contribution < -0.4 is 10.1 Å². The summed E-state index contributed by atoms with van der Waals surface area (Å²) in [6.07, 6.45) is 2.57. The number of ether oxygens (including phenoxy) is 2. The highest BCUT2D eigenvalue weighted by Crippen LogP contribution is 2.30. The van der Waals surface area contributed by atoms with Crippen LogP contribution in [-0.2, 0) is 30.8 Å². The maximum atomic E-state index is 12.9. The van der Waals surface area contributed by atoms with Gasteiger partial charge in [-0.05, 0) is 42.7 Å². The molecule has 0 radical (unpaired) electrons. The van der Waals surface area contributed by atoms with Gasteiger partial charge in [0.05, 0.1) is 24.1 Å². The molecule has 0 aromatic heterocycles. The van der Waals surface area contributed by atoms with Gasteiger partial charge in [-0.15, -0.1) is 0 Å². The molecule has 32 heavy (non-hydrogen) atoms. The quantitative estimate of drug-likeness (QED) is 0.582. The number of nitrogens with one attached hydrogen (secondary N) is 1. The molecule has 10 heteroatoms. The maximum absolute atomic E-state index is 12.9. The molecule has 1 N–H and O–H groups in total. The van der Waals surface area contributed by atoms with E-state index in [1.807, 2.05) is 0 Å². The third kappa shape index (κ3) is 5.99. The largest absolute Gasteiger partial charge is 0.495 e. The third-order valence-corrected chi connectivity index (χ3v) is 7.32. The Morgan fingerprint density at radius 3 is 2.50 bits per heavy atom. The lowest BCUT2D eigenvalue weighted by Crippen LogP contribution is -2.35. The summed E-state index contributed by atoms with van der Waals surface area (Å²) in [5, 5.41) is 2.99. The predicted octanol–water partition coefficient (Wildman–Crippen LogP) is 3.25. The minimum absolute atomic E-state index is 0.0613. The van der Waals surface area contributed by atoms with Gasteiger partial charge in [-0.3, -0.25) is 9.59 Å². The van der Waals surface area contributed by atoms with Crippen LogP contribution in [0, 0.1) is 0 Å². The number of rotatable bonds is 8. The average molecular weight is 481 g/mol. The van der Waals surface area contributed by atoms with Crippen LogP contribution in [0.1, 0.15) is 24.8 Å². The van der Waals surface area contributed by atoms with Crippen molar-refractivity contribution in [3.63, 3.8) is 0 Å².